The molecule has 0 aliphatic carbocycles. The Morgan fingerprint density at radius 3 is 2.19 bits per heavy atom. The number of hydrazone groups is 1. The van der Waals surface area contributed by atoms with Crippen LogP contribution in [0.1, 0.15) is 24.3 Å². The minimum Gasteiger partial charge on any atom is -0.496 e. The molecule has 2 heterocycles. The highest BCUT2D eigenvalue weighted by Gasteiger charge is 2.38. The average molecular weight is 484 g/mol. The number of benzene rings is 3. The lowest BCUT2D eigenvalue weighted by Crippen LogP contribution is -2.26. The summed E-state index contributed by atoms with van der Waals surface area (Å²) in [5.74, 6) is 1.45. The van der Waals surface area contributed by atoms with E-state index in [9.17, 15) is 4.79 Å². The summed E-state index contributed by atoms with van der Waals surface area (Å²) >= 11 is 0. The van der Waals surface area contributed by atoms with E-state index in [4.69, 9.17) is 23.9 Å². The number of para-hydroxylation sites is 1. The summed E-state index contributed by atoms with van der Waals surface area (Å²) in [4.78, 5) is 17.5. The normalized spacial score (nSPS) is 14.8. The summed E-state index contributed by atoms with van der Waals surface area (Å²) in [5.41, 5.74) is 3.77. The van der Waals surface area contributed by atoms with E-state index in [0.29, 0.717) is 28.7 Å². The maximum atomic E-state index is 12.7. The van der Waals surface area contributed by atoms with Crippen LogP contribution in [-0.2, 0) is 9.53 Å². The molecule has 0 spiro atoms. The fourth-order valence-corrected chi connectivity index (χ4v) is 4.25. The van der Waals surface area contributed by atoms with Gasteiger partial charge in [-0.3, -0.25) is 4.79 Å². The molecule has 0 fully saturated rings. The van der Waals surface area contributed by atoms with Crippen LogP contribution in [0.25, 0.3) is 22.2 Å². The highest BCUT2D eigenvalue weighted by Crippen LogP contribution is 2.44. The zero-order chi connectivity index (χ0) is 25.2. The van der Waals surface area contributed by atoms with Gasteiger partial charge in [-0.05, 0) is 12.1 Å². The van der Waals surface area contributed by atoms with E-state index in [-0.39, 0.29) is 5.91 Å². The lowest BCUT2D eigenvalue weighted by Gasteiger charge is -2.23. The zero-order valence-corrected chi connectivity index (χ0v) is 20.4. The van der Waals surface area contributed by atoms with Crippen molar-refractivity contribution in [3.8, 4) is 28.5 Å². The van der Waals surface area contributed by atoms with Gasteiger partial charge in [-0.2, -0.15) is 5.01 Å². The minimum atomic E-state index is -0.902. The van der Waals surface area contributed by atoms with Gasteiger partial charge in [-0.1, -0.05) is 48.5 Å². The number of rotatable bonds is 6. The Balaban J connectivity index is 1.66. The van der Waals surface area contributed by atoms with E-state index in [0.717, 1.165) is 27.7 Å². The molecule has 4 aromatic rings. The van der Waals surface area contributed by atoms with Gasteiger partial charge in [0.05, 0.1) is 38.1 Å². The van der Waals surface area contributed by atoms with Crippen molar-refractivity contribution in [2.45, 2.75) is 13.2 Å². The van der Waals surface area contributed by atoms with Crippen LogP contribution in [0.5, 0.6) is 17.2 Å². The summed E-state index contributed by atoms with van der Waals surface area (Å²) in [6.45, 7) is 1.44. The van der Waals surface area contributed by atoms with Gasteiger partial charge in [0, 0.05) is 35.6 Å². The lowest BCUT2D eigenvalue weighted by atomic mass is 10.0. The Bertz CT molecular complexity index is 1440. The number of amides is 1. The molecule has 0 saturated carbocycles. The van der Waals surface area contributed by atoms with Crippen molar-refractivity contribution in [2.24, 2.45) is 5.10 Å². The summed E-state index contributed by atoms with van der Waals surface area (Å²) in [6, 6.07) is 23.0. The van der Waals surface area contributed by atoms with Gasteiger partial charge >= 0.3 is 0 Å². The van der Waals surface area contributed by atoms with Crippen LogP contribution in [0.4, 0.5) is 0 Å². The number of hydrogen-bond acceptors (Lipinski definition) is 7. The summed E-state index contributed by atoms with van der Waals surface area (Å²) in [7, 11) is 4.63. The Hall–Kier alpha value is -4.59. The first-order valence-corrected chi connectivity index (χ1v) is 11.3. The SMILES string of the molecule is COc1cc(OC)c(C2OC(c3cc(-c4ccccc4)nc4ccccc34)=NN2C(C)=O)c(OC)c1. The third-order valence-corrected chi connectivity index (χ3v) is 5.98. The number of nitrogens with zero attached hydrogens (tertiary/aromatic N) is 3. The summed E-state index contributed by atoms with van der Waals surface area (Å²) in [6.07, 6.45) is -0.902. The molecule has 182 valence electrons. The third-order valence-electron chi connectivity index (χ3n) is 5.98. The molecule has 0 saturated heterocycles. The van der Waals surface area contributed by atoms with Crippen LogP contribution in [0.2, 0.25) is 0 Å². The molecular formula is C28H25N3O5. The topological polar surface area (TPSA) is 82.5 Å². The highest BCUT2D eigenvalue weighted by molar-refractivity contribution is 6.08. The number of pyridine rings is 1. The molecular weight excluding hydrogens is 458 g/mol. The van der Waals surface area contributed by atoms with E-state index >= 15 is 0 Å². The lowest BCUT2D eigenvalue weighted by molar-refractivity contribution is -0.135. The van der Waals surface area contributed by atoms with Crippen LogP contribution in [-0.4, -0.2) is 43.1 Å². The first-order chi connectivity index (χ1) is 17.5. The quantitative estimate of drug-likeness (QED) is 0.377. The molecule has 1 unspecified atom stereocenters. The van der Waals surface area contributed by atoms with Crippen molar-refractivity contribution in [2.75, 3.05) is 21.3 Å². The molecule has 1 aliphatic rings. The Morgan fingerprint density at radius 2 is 1.56 bits per heavy atom. The van der Waals surface area contributed by atoms with Crippen LogP contribution in [0.15, 0.2) is 77.9 Å². The second kappa shape index (κ2) is 9.58. The zero-order valence-electron chi connectivity index (χ0n) is 20.4. The number of carbonyl (C=O) groups excluding carboxylic acids is 1. The fourth-order valence-electron chi connectivity index (χ4n) is 4.25. The van der Waals surface area contributed by atoms with Crippen LogP contribution >= 0.6 is 0 Å². The molecule has 5 rings (SSSR count). The van der Waals surface area contributed by atoms with Gasteiger partial charge in [-0.25, -0.2) is 4.98 Å². The maximum absolute atomic E-state index is 12.7. The van der Waals surface area contributed by atoms with Gasteiger partial charge in [0.15, 0.2) is 0 Å². The summed E-state index contributed by atoms with van der Waals surface area (Å²) in [5, 5.41) is 6.75. The molecule has 8 nitrogen and oxygen atoms in total. The van der Waals surface area contributed by atoms with E-state index in [2.05, 4.69) is 5.10 Å². The van der Waals surface area contributed by atoms with E-state index in [1.807, 2.05) is 60.7 Å². The van der Waals surface area contributed by atoms with Gasteiger partial charge in [0.1, 0.15) is 17.2 Å². The standard InChI is InChI=1S/C28H25N3O5/c1-17(32)31-28(26-24(34-3)14-19(33-2)15-25(26)35-4)36-27(30-31)21-16-23(18-10-6-5-7-11-18)29-22-13-9-8-12-20(21)22/h5-16,28H,1-4H3. The molecule has 1 aliphatic heterocycles. The van der Waals surface area contributed by atoms with E-state index < -0.39 is 6.23 Å². The number of methoxy groups -OCH3 is 3. The van der Waals surface area contributed by atoms with Crippen LogP contribution in [0.3, 0.4) is 0 Å². The van der Waals surface area contributed by atoms with Crippen molar-refractivity contribution < 1.29 is 23.7 Å². The predicted molar refractivity (Wildman–Crippen MR) is 136 cm³/mol. The van der Waals surface area contributed by atoms with Gasteiger partial charge in [-0.15, -0.1) is 5.10 Å². The van der Waals surface area contributed by atoms with Crippen LogP contribution < -0.4 is 14.2 Å². The van der Waals surface area contributed by atoms with Gasteiger partial charge < -0.3 is 18.9 Å². The Labute approximate surface area is 208 Å². The number of aromatic nitrogens is 1. The van der Waals surface area contributed by atoms with Crippen molar-refractivity contribution in [3.05, 3.63) is 83.9 Å². The number of fused-ring (bicyclic) bond motifs is 1. The second-order valence-electron chi connectivity index (χ2n) is 8.12. The average Bonchev–Trinajstić information content (AvgIpc) is 3.37. The van der Waals surface area contributed by atoms with Crippen molar-refractivity contribution >= 4 is 22.7 Å². The predicted octanol–water partition coefficient (Wildman–Crippen LogP) is 5.17. The first-order valence-electron chi connectivity index (χ1n) is 11.3. The molecule has 1 atom stereocenters. The first kappa shape index (κ1) is 23.2. The van der Waals surface area contributed by atoms with Gasteiger partial charge in [0.25, 0.3) is 0 Å². The van der Waals surface area contributed by atoms with Crippen LogP contribution in [0, 0.1) is 0 Å². The van der Waals surface area contributed by atoms with Crippen molar-refractivity contribution in [3.63, 3.8) is 0 Å². The maximum Gasteiger partial charge on any atom is 0.243 e. The number of ether oxygens (including phenoxy) is 4. The molecule has 0 radical (unpaired) electrons. The van der Waals surface area contributed by atoms with E-state index in [1.54, 1.807) is 19.2 Å². The van der Waals surface area contributed by atoms with Crippen molar-refractivity contribution in [1.29, 1.82) is 0 Å². The summed E-state index contributed by atoms with van der Waals surface area (Å²) < 4.78 is 23.0. The smallest absolute Gasteiger partial charge is 0.243 e. The fraction of sp³-hybridized carbons (Fsp3) is 0.179. The highest BCUT2D eigenvalue weighted by atomic mass is 16.5. The minimum absolute atomic E-state index is 0.295. The molecule has 8 heteroatoms. The Morgan fingerprint density at radius 1 is 0.889 bits per heavy atom. The van der Waals surface area contributed by atoms with Gasteiger partial charge in [0.2, 0.25) is 18.0 Å². The monoisotopic (exact) mass is 483 g/mol. The number of hydrogen-bond donors (Lipinski definition) is 0. The van der Waals surface area contributed by atoms with Crippen molar-refractivity contribution in [1.82, 2.24) is 9.99 Å². The number of carbonyl (C=O) groups is 1. The second-order valence-corrected chi connectivity index (χ2v) is 8.12. The molecule has 0 N–H and O–H groups in total. The Kier molecular flexibility index (Phi) is 6.16. The third kappa shape index (κ3) is 4.07. The molecule has 36 heavy (non-hydrogen) atoms. The molecule has 3 aromatic carbocycles. The molecule has 1 aromatic heterocycles. The molecule has 1 amide bonds. The van der Waals surface area contributed by atoms with E-state index in [1.165, 1.54) is 26.2 Å². The molecule has 0 bridgehead atoms. The largest absolute Gasteiger partial charge is 0.496 e.